The van der Waals surface area contributed by atoms with Gasteiger partial charge in [0.25, 0.3) is 5.69 Å². The predicted molar refractivity (Wildman–Crippen MR) is 111 cm³/mol. The zero-order valence-electron chi connectivity index (χ0n) is 14.5. The fourth-order valence-corrected chi connectivity index (χ4v) is 3.35. The molecule has 0 saturated carbocycles. The van der Waals surface area contributed by atoms with Gasteiger partial charge in [-0.2, -0.15) is 0 Å². The normalized spacial score (nSPS) is 14.8. The van der Waals surface area contributed by atoms with Crippen molar-refractivity contribution in [2.24, 2.45) is 4.99 Å². The van der Waals surface area contributed by atoms with Gasteiger partial charge in [-0.1, -0.05) is 33.6 Å². The van der Waals surface area contributed by atoms with Crippen molar-refractivity contribution in [3.63, 3.8) is 0 Å². The molecule has 7 nitrogen and oxygen atoms in total. The summed E-state index contributed by atoms with van der Waals surface area (Å²) in [4.78, 5) is 26.7. The lowest BCUT2D eigenvalue weighted by Crippen LogP contribution is -2.05. The fraction of sp³-hybridized carbons (Fsp3) is 0. The van der Waals surface area contributed by atoms with Crippen molar-refractivity contribution in [1.82, 2.24) is 0 Å². The first-order valence-corrected chi connectivity index (χ1v) is 9.40. The topological polar surface area (TPSA) is 94.9 Å². The average Bonchev–Trinajstić information content (AvgIpc) is 3.29. The maximum atomic E-state index is 12.1. The number of furan rings is 1. The number of nitro groups is 1. The number of hydrogen-bond donors (Lipinski definition) is 0. The highest BCUT2D eigenvalue weighted by Gasteiger charge is 2.25. The number of nitro benzene ring substituents is 1. The van der Waals surface area contributed by atoms with E-state index < -0.39 is 10.9 Å². The molecule has 0 amide bonds. The van der Waals surface area contributed by atoms with Crippen molar-refractivity contribution in [2.45, 2.75) is 0 Å². The molecule has 0 spiro atoms. The molecule has 0 unspecified atom stereocenters. The second-order valence-electron chi connectivity index (χ2n) is 5.97. The van der Waals surface area contributed by atoms with Crippen LogP contribution < -0.4 is 0 Å². The van der Waals surface area contributed by atoms with Crippen LogP contribution in [0.25, 0.3) is 17.4 Å². The molecule has 0 fully saturated rings. The van der Waals surface area contributed by atoms with Gasteiger partial charge in [0.2, 0.25) is 5.90 Å². The molecular formula is C20H10BrClN2O5. The Morgan fingerprint density at radius 3 is 2.69 bits per heavy atom. The van der Waals surface area contributed by atoms with E-state index in [0.717, 1.165) is 4.47 Å². The quantitative estimate of drug-likeness (QED) is 0.212. The minimum atomic E-state index is -0.591. The van der Waals surface area contributed by atoms with Crippen LogP contribution in [-0.4, -0.2) is 16.8 Å². The van der Waals surface area contributed by atoms with Gasteiger partial charge >= 0.3 is 5.97 Å². The Balaban J connectivity index is 1.62. The van der Waals surface area contributed by atoms with E-state index in [9.17, 15) is 14.9 Å². The number of carbonyl (C=O) groups is 1. The molecule has 9 heteroatoms. The molecule has 0 aliphatic carbocycles. The van der Waals surface area contributed by atoms with Crippen molar-refractivity contribution in [3.05, 3.63) is 91.2 Å². The Bertz CT molecular complexity index is 1220. The minimum Gasteiger partial charge on any atom is -0.457 e. The van der Waals surface area contributed by atoms with Crippen molar-refractivity contribution in [2.75, 3.05) is 0 Å². The maximum absolute atomic E-state index is 12.1. The van der Waals surface area contributed by atoms with Crippen molar-refractivity contribution in [3.8, 4) is 11.3 Å². The molecule has 1 aliphatic rings. The largest absolute Gasteiger partial charge is 0.457 e. The smallest absolute Gasteiger partial charge is 0.363 e. The number of rotatable bonds is 4. The number of non-ortho nitro benzene ring substituents is 1. The lowest BCUT2D eigenvalue weighted by molar-refractivity contribution is -0.384. The standard InChI is InChI=1S/C20H10BrClN2O5/c21-12-3-1-2-11(8-12)19-23-17(20(25)29-19)10-14-5-7-18(28-14)15-6-4-13(24(26)27)9-16(15)22/h1-10H/b17-10-. The Hall–Kier alpha value is -3.23. The van der Waals surface area contributed by atoms with Crippen LogP contribution in [0.5, 0.6) is 0 Å². The second kappa shape index (κ2) is 7.65. The molecule has 0 radical (unpaired) electrons. The zero-order chi connectivity index (χ0) is 20.5. The highest BCUT2D eigenvalue weighted by atomic mass is 79.9. The van der Waals surface area contributed by atoms with Gasteiger partial charge < -0.3 is 9.15 Å². The van der Waals surface area contributed by atoms with E-state index in [1.165, 1.54) is 24.3 Å². The number of esters is 1. The Kier molecular flexibility index (Phi) is 5.04. The van der Waals surface area contributed by atoms with Gasteiger partial charge in [0, 0.05) is 33.8 Å². The van der Waals surface area contributed by atoms with Gasteiger partial charge in [-0.05, 0) is 36.4 Å². The predicted octanol–water partition coefficient (Wildman–Crippen LogP) is 5.62. The van der Waals surface area contributed by atoms with Crippen LogP contribution in [0.2, 0.25) is 5.02 Å². The van der Waals surface area contributed by atoms with E-state index in [1.54, 1.807) is 24.3 Å². The number of cyclic esters (lactones) is 1. The molecule has 0 atom stereocenters. The molecular weight excluding hydrogens is 464 g/mol. The van der Waals surface area contributed by atoms with Crippen LogP contribution in [0, 0.1) is 10.1 Å². The summed E-state index contributed by atoms with van der Waals surface area (Å²) < 4.78 is 11.8. The van der Waals surface area contributed by atoms with E-state index in [0.29, 0.717) is 22.6 Å². The summed E-state index contributed by atoms with van der Waals surface area (Å²) in [6.07, 6.45) is 1.45. The van der Waals surface area contributed by atoms with Crippen LogP contribution in [0.1, 0.15) is 11.3 Å². The van der Waals surface area contributed by atoms with Crippen molar-refractivity contribution < 1.29 is 18.9 Å². The first-order valence-electron chi connectivity index (χ1n) is 8.23. The summed E-state index contributed by atoms with van der Waals surface area (Å²) in [5, 5.41) is 11.0. The number of ether oxygens (including phenoxy) is 1. The highest BCUT2D eigenvalue weighted by Crippen LogP contribution is 2.33. The molecule has 29 heavy (non-hydrogen) atoms. The van der Waals surface area contributed by atoms with E-state index in [1.807, 2.05) is 12.1 Å². The number of benzene rings is 2. The van der Waals surface area contributed by atoms with E-state index >= 15 is 0 Å². The number of hydrogen-bond acceptors (Lipinski definition) is 6. The van der Waals surface area contributed by atoms with Gasteiger partial charge in [0.1, 0.15) is 11.5 Å². The molecule has 4 rings (SSSR count). The van der Waals surface area contributed by atoms with Crippen LogP contribution in [0.4, 0.5) is 5.69 Å². The maximum Gasteiger partial charge on any atom is 0.363 e. The van der Waals surface area contributed by atoms with Gasteiger partial charge in [0.15, 0.2) is 5.70 Å². The molecule has 2 heterocycles. The molecule has 3 aromatic rings. The molecule has 1 aromatic heterocycles. The Labute approximate surface area is 177 Å². The van der Waals surface area contributed by atoms with E-state index in [4.69, 9.17) is 20.8 Å². The van der Waals surface area contributed by atoms with Crippen molar-refractivity contribution in [1.29, 1.82) is 0 Å². The van der Waals surface area contributed by atoms with Crippen LogP contribution >= 0.6 is 27.5 Å². The summed E-state index contributed by atoms with van der Waals surface area (Å²) in [5.74, 6) is 0.374. The van der Waals surface area contributed by atoms with Gasteiger partial charge in [-0.15, -0.1) is 0 Å². The summed E-state index contributed by atoms with van der Waals surface area (Å²) in [7, 11) is 0. The third kappa shape index (κ3) is 3.98. The third-order valence-corrected chi connectivity index (χ3v) is 4.83. The van der Waals surface area contributed by atoms with Crippen LogP contribution in [0.15, 0.2) is 74.2 Å². The summed E-state index contributed by atoms with van der Waals surface area (Å²) in [6.45, 7) is 0. The number of halogens is 2. The minimum absolute atomic E-state index is 0.0932. The van der Waals surface area contributed by atoms with Gasteiger partial charge in [0.05, 0.1) is 9.95 Å². The number of carbonyl (C=O) groups excluding carboxylic acids is 1. The van der Waals surface area contributed by atoms with Gasteiger partial charge in [-0.3, -0.25) is 10.1 Å². The summed E-state index contributed by atoms with van der Waals surface area (Å²) in [5.41, 5.74) is 1.13. The molecule has 0 N–H and O–H groups in total. The first kappa shape index (κ1) is 19.1. The fourth-order valence-electron chi connectivity index (χ4n) is 2.68. The lowest BCUT2D eigenvalue weighted by Gasteiger charge is -2.00. The van der Waals surface area contributed by atoms with E-state index in [-0.39, 0.29) is 22.3 Å². The number of aliphatic imine (C=N–C) groups is 1. The highest BCUT2D eigenvalue weighted by molar-refractivity contribution is 9.10. The average molecular weight is 474 g/mol. The Morgan fingerprint density at radius 1 is 1.14 bits per heavy atom. The first-order chi connectivity index (χ1) is 13.9. The monoisotopic (exact) mass is 472 g/mol. The lowest BCUT2D eigenvalue weighted by atomic mass is 10.1. The van der Waals surface area contributed by atoms with Crippen molar-refractivity contribution >= 4 is 51.2 Å². The van der Waals surface area contributed by atoms with E-state index in [2.05, 4.69) is 20.9 Å². The third-order valence-electron chi connectivity index (χ3n) is 4.03. The summed E-state index contributed by atoms with van der Waals surface area (Å²) >= 11 is 9.49. The SMILES string of the molecule is O=C1OC(c2cccc(Br)c2)=N/C1=C\c1ccc(-c2ccc([N+](=O)[O-])cc2Cl)o1. The van der Waals surface area contributed by atoms with Gasteiger partial charge in [-0.25, -0.2) is 9.79 Å². The van der Waals surface area contributed by atoms with Crippen LogP contribution in [0.3, 0.4) is 0 Å². The molecule has 1 aliphatic heterocycles. The molecule has 2 aromatic carbocycles. The number of nitrogens with zero attached hydrogens (tertiary/aromatic N) is 2. The zero-order valence-corrected chi connectivity index (χ0v) is 16.8. The van der Waals surface area contributed by atoms with Crippen LogP contribution in [-0.2, 0) is 9.53 Å². The molecule has 0 saturated heterocycles. The second-order valence-corrected chi connectivity index (χ2v) is 7.29. The molecule has 0 bridgehead atoms. The molecule has 144 valence electrons. The summed E-state index contributed by atoms with van der Waals surface area (Å²) in [6, 6.07) is 14.6. The Morgan fingerprint density at radius 2 is 1.97 bits per heavy atom.